The molecular formula is C50H31N5O. The van der Waals surface area contributed by atoms with Crippen LogP contribution in [0.2, 0.25) is 0 Å². The topological polar surface area (TPSA) is 53.7 Å². The first-order valence-corrected chi connectivity index (χ1v) is 18.8. The zero-order valence-corrected chi connectivity index (χ0v) is 30.0. The van der Waals surface area contributed by atoms with E-state index in [1.54, 1.807) is 0 Å². The van der Waals surface area contributed by atoms with Crippen molar-refractivity contribution in [3.05, 3.63) is 188 Å². The van der Waals surface area contributed by atoms with Gasteiger partial charge in [0.2, 0.25) is 0 Å². The molecule has 0 bridgehead atoms. The summed E-state index contributed by atoms with van der Waals surface area (Å²) in [4.78, 5) is 0. The molecule has 0 aliphatic carbocycles. The van der Waals surface area contributed by atoms with Crippen molar-refractivity contribution in [2.24, 2.45) is 0 Å². The Morgan fingerprint density at radius 2 is 0.929 bits per heavy atom. The van der Waals surface area contributed by atoms with Crippen LogP contribution in [0.3, 0.4) is 0 Å². The van der Waals surface area contributed by atoms with E-state index in [9.17, 15) is 0 Å². The normalized spacial score (nSPS) is 11.9. The number of hydrogen-bond donors (Lipinski definition) is 0. The highest BCUT2D eigenvalue weighted by Crippen LogP contribution is 2.42. The molecule has 0 radical (unpaired) electrons. The number of hydrogen-bond acceptors (Lipinski definition) is 3. The lowest BCUT2D eigenvalue weighted by atomic mass is 10.0. The fourth-order valence-corrected chi connectivity index (χ4v) is 8.75. The molecule has 6 nitrogen and oxygen atoms in total. The molecule has 0 aliphatic heterocycles. The average Bonchev–Trinajstić information content (AvgIpc) is 4.03. The van der Waals surface area contributed by atoms with Crippen molar-refractivity contribution >= 4 is 65.6 Å². The molecule has 4 aromatic heterocycles. The van der Waals surface area contributed by atoms with Gasteiger partial charge in [0.1, 0.15) is 22.6 Å². The van der Waals surface area contributed by atoms with E-state index in [1.165, 1.54) is 16.2 Å². The summed E-state index contributed by atoms with van der Waals surface area (Å²) in [7, 11) is 0. The SMILES string of the molecule is c1ccc(-c2nnn(-c3ccc4c5ccccc5n(-c5ccccc5-n5c6ccccc6c6cc7c(cc65)oc5ccccc57)c4c3)c2-c2ccccc2)cc1. The fourth-order valence-electron chi connectivity index (χ4n) is 8.75. The lowest BCUT2D eigenvalue weighted by molar-refractivity contribution is 0.669. The van der Waals surface area contributed by atoms with Crippen molar-refractivity contribution in [1.82, 2.24) is 24.1 Å². The van der Waals surface area contributed by atoms with Gasteiger partial charge in [-0.15, -0.1) is 5.10 Å². The second-order valence-corrected chi connectivity index (χ2v) is 14.3. The molecule has 0 fully saturated rings. The van der Waals surface area contributed by atoms with Crippen LogP contribution >= 0.6 is 0 Å². The van der Waals surface area contributed by atoms with Crippen molar-refractivity contribution in [2.45, 2.75) is 0 Å². The third kappa shape index (κ3) is 4.44. The molecule has 0 N–H and O–H groups in total. The first-order valence-electron chi connectivity index (χ1n) is 18.8. The third-order valence-corrected chi connectivity index (χ3v) is 11.2. The van der Waals surface area contributed by atoms with E-state index in [0.29, 0.717) is 0 Å². The van der Waals surface area contributed by atoms with E-state index >= 15 is 0 Å². The molecule has 0 aliphatic rings. The maximum absolute atomic E-state index is 6.46. The lowest BCUT2D eigenvalue weighted by Gasteiger charge is -2.17. The summed E-state index contributed by atoms with van der Waals surface area (Å²) in [6.45, 7) is 0. The zero-order chi connectivity index (χ0) is 36.7. The van der Waals surface area contributed by atoms with Crippen molar-refractivity contribution in [1.29, 1.82) is 0 Å². The maximum atomic E-state index is 6.46. The Morgan fingerprint density at radius 3 is 1.64 bits per heavy atom. The Kier molecular flexibility index (Phi) is 6.53. The minimum Gasteiger partial charge on any atom is -0.456 e. The van der Waals surface area contributed by atoms with Crippen LogP contribution in [0.15, 0.2) is 192 Å². The second-order valence-electron chi connectivity index (χ2n) is 14.3. The highest BCUT2D eigenvalue weighted by Gasteiger charge is 2.23. The van der Waals surface area contributed by atoms with Gasteiger partial charge in [-0.25, -0.2) is 4.68 Å². The Morgan fingerprint density at radius 1 is 0.375 bits per heavy atom. The predicted molar refractivity (Wildman–Crippen MR) is 228 cm³/mol. The van der Waals surface area contributed by atoms with Gasteiger partial charge in [-0.2, -0.15) is 0 Å². The van der Waals surface area contributed by atoms with E-state index in [-0.39, 0.29) is 0 Å². The standard InChI is InChI=1S/C50H31N5O/c1-3-15-32(16-4-1)49-50(33-17-5-2-6-18-33)55(52-51-49)34-27-28-37-35-19-7-10-22-41(35)53(45(37)29-34)43-24-12-13-25-44(43)54-42-23-11-8-20-36(42)39-30-40-38-21-9-14-26-47(38)56-48(40)31-46(39)54/h1-31H. The van der Waals surface area contributed by atoms with Crippen LogP contribution in [0.1, 0.15) is 0 Å². The van der Waals surface area contributed by atoms with E-state index in [1.807, 2.05) is 41.1 Å². The summed E-state index contributed by atoms with van der Waals surface area (Å²) >= 11 is 0. The molecule has 0 atom stereocenters. The largest absolute Gasteiger partial charge is 0.456 e. The van der Waals surface area contributed by atoms with Crippen molar-refractivity contribution in [3.63, 3.8) is 0 Å². The Balaban J connectivity index is 1.13. The van der Waals surface area contributed by atoms with Crippen molar-refractivity contribution < 1.29 is 4.42 Å². The highest BCUT2D eigenvalue weighted by molar-refractivity contribution is 6.18. The fraction of sp³-hybridized carbons (Fsp3) is 0. The van der Waals surface area contributed by atoms with Gasteiger partial charge in [0.15, 0.2) is 0 Å². The summed E-state index contributed by atoms with van der Waals surface area (Å²) in [5.41, 5.74) is 13.1. The first kappa shape index (κ1) is 30.7. The summed E-state index contributed by atoms with van der Waals surface area (Å²) in [6, 6.07) is 66.2. The van der Waals surface area contributed by atoms with Gasteiger partial charge in [0.05, 0.1) is 39.1 Å². The molecule has 6 heteroatoms. The molecule has 0 amide bonds. The van der Waals surface area contributed by atoms with E-state index in [0.717, 1.165) is 89.0 Å². The summed E-state index contributed by atoms with van der Waals surface area (Å²) in [5, 5.41) is 16.6. The van der Waals surface area contributed by atoms with Crippen LogP contribution in [0.5, 0.6) is 0 Å². The molecule has 0 saturated heterocycles. The van der Waals surface area contributed by atoms with Crippen LogP contribution in [-0.2, 0) is 0 Å². The summed E-state index contributed by atoms with van der Waals surface area (Å²) in [5.74, 6) is 0. The minimum atomic E-state index is 0.840. The van der Waals surface area contributed by atoms with Gasteiger partial charge in [-0.1, -0.05) is 139 Å². The average molecular weight is 718 g/mol. The first-order chi connectivity index (χ1) is 27.8. The van der Waals surface area contributed by atoms with Crippen LogP contribution < -0.4 is 0 Å². The number of fused-ring (bicyclic) bond motifs is 9. The number of rotatable bonds is 5. The summed E-state index contributed by atoms with van der Waals surface area (Å²) < 4.78 is 13.2. The van der Waals surface area contributed by atoms with Crippen LogP contribution in [0.4, 0.5) is 0 Å². The number of para-hydroxylation sites is 5. The monoisotopic (exact) mass is 717 g/mol. The smallest absolute Gasteiger partial charge is 0.137 e. The number of aromatic nitrogens is 5. The van der Waals surface area contributed by atoms with Crippen LogP contribution in [0, 0.1) is 0 Å². The van der Waals surface area contributed by atoms with Crippen LogP contribution in [-0.4, -0.2) is 24.1 Å². The Bertz CT molecular complexity index is 3480. The van der Waals surface area contributed by atoms with Crippen LogP contribution in [0.25, 0.3) is 105 Å². The lowest BCUT2D eigenvalue weighted by Crippen LogP contribution is -2.04. The molecule has 4 heterocycles. The third-order valence-electron chi connectivity index (χ3n) is 11.2. The molecule has 8 aromatic carbocycles. The Hall–Kier alpha value is -7.70. The number of furan rings is 1. The van der Waals surface area contributed by atoms with Gasteiger partial charge >= 0.3 is 0 Å². The molecule has 12 aromatic rings. The second kappa shape index (κ2) is 11.9. The molecule has 0 saturated carbocycles. The van der Waals surface area contributed by atoms with Gasteiger partial charge in [-0.05, 0) is 48.5 Å². The van der Waals surface area contributed by atoms with E-state index in [4.69, 9.17) is 14.7 Å². The minimum absolute atomic E-state index is 0.840. The molecule has 0 spiro atoms. The van der Waals surface area contributed by atoms with Crippen molar-refractivity contribution in [3.8, 4) is 39.6 Å². The molecule has 262 valence electrons. The van der Waals surface area contributed by atoms with Gasteiger partial charge in [0.25, 0.3) is 0 Å². The zero-order valence-electron chi connectivity index (χ0n) is 30.0. The molecular weight excluding hydrogens is 687 g/mol. The molecule has 12 rings (SSSR count). The van der Waals surface area contributed by atoms with Gasteiger partial charge in [0, 0.05) is 49.5 Å². The van der Waals surface area contributed by atoms with Crippen molar-refractivity contribution in [2.75, 3.05) is 0 Å². The quantitative estimate of drug-likeness (QED) is 0.178. The summed E-state index contributed by atoms with van der Waals surface area (Å²) in [6.07, 6.45) is 0. The predicted octanol–water partition coefficient (Wildman–Crippen LogP) is 12.7. The molecule has 56 heavy (non-hydrogen) atoms. The molecule has 0 unspecified atom stereocenters. The maximum Gasteiger partial charge on any atom is 0.137 e. The van der Waals surface area contributed by atoms with E-state index in [2.05, 4.69) is 161 Å². The number of nitrogens with zero attached hydrogens (tertiary/aromatic N) is 5. The van der Waals surface area contributed by atoms with E-state index < -0.39 is 0 Å². The number of benzene rings is 8. The Labute approximate surface area is 320 Å². The van der Waals surface area contributed by atoms with Gasteiger partial charge in [-0.3, -0.25) is 0 Å². The highest BCUT2D eigenvalue weighted by atomic mass is 16.3. The van der Waals surface area contributed by atoms with Gasteiger partial charge < -0.3 is 13.6 Å².